The number of benzene rings is 1. The Balaban J connectivity index is 1.42. The van der Waals surface area contributed by atoms with Crippen molar-refractivity contribution in [2.24, 2.45) is 5.92 Å². The highest BCUT2D eigenvalue weighted by atomic mass is 16.5. The smallest absolute Gasteiger partial charge is 0.224 e. The summed E-state index contributed by atoms with van der Waals surface area (Å²) in [5, 5.41) is 12.2. The molecule has 1 amide bonds. The molecule has 1 aliphatic heterocycles. The van der Waals surface area contributed by atoms with E-state index in [1.807, 2.05) is 31.2 Å². The zero-order valence-corrected chi connectivity index (χ0v) is 16.1. The van der Waals surface area contributed by atoms with Gasteiger partial charge in [-0.2, -0.15) is 5.26 Å². The Bertz CT molecular complexity index is 823. The van der Waals surface area contributed by atoms with Crippen LogP contribution in [-0.2, 0) is 11.2 Å². The second-order valence-corrected chi connectivity index (χ2v) is 6.83. The van der Waals surface area contributed by atoms with Gasteiger partial charge in [-0.05, 0) is 43.4 Å². The Hall–Kier alpha value is -3.14. The summed E-state index contributed by atoms with van der Waals surface area (Å²) < 4.78 is 5.42. The van der Waals surface area contributed by atoms with Gasteiger partial charge in [-0.1, -0.05) is 12.1 Å². The van der Waals surface area contributed by atoms with Crippen LogP contribution in [0, 0.1) is 17.2 Å². The van der Waals surface area contributed by atoms with Gasteiger partial charge in [0.1, 0.15) is 11.8 Å². The van der Waals surface area contributed by atoms with Crippen molar-refractivity contribution in [3.05, 3.63) is 47.9 Å². The van der Waals surface area contributed by atoms with Gasteiger partial charge in [0, 0.05) is 32.0 Å². The molecule has 1 aliphatic rings. The van der Waals surface area contributed by atoms with Gasteiger partial charge in [0.05, 0.1) is 13.0 Å². The number of rotatable bonds is 7. The van der Waals surface area contributed by atoms with E-state index in [2.05, 4.69) is 26.3 Å². The Morgan fingerprint density at radius 1 is 1.25 bits per heavy atom. The number of carbonyl (C=O) groups is 1. The number of nitriles is 1. The predicted octanol–water partition coefficient (Wildman–Crippen LogP) is 2.32. The molecule has 0 unspecified atom stereocenters. The van der Waals surface area contributed by atoms with Crippen LogP contribution in [0.2, 0.25) is 0 Å². The van der Waals surface area contributed by atoms with Crippen LogP contribution in [0.25, 0.3) is 0 Å². The SMILES string of the molecule is CCOc1ccc(CC(=O)NCC2CCN(c3nccnc3C#N)CC2)cc1. The average molecular weight is 379 g/mol. The normalized spacial score (nSPS) is 14.4. The van der Waals surface area contributed by atoms with Crippen molar-refractivity contribution in [2.45, 2.75) is 26.2 Å². The molecule has 2 aromatic rings. The Morgan fingerprint density at radius 2 is 1.96 bits per heavy atom. The molecular weight excluding hydrogens is 354 g/mol. The number of hydrogen-bond acceptors (Lipinski definition) is 6. The number of carbonyl (C=O) groups excluding carboxylic acids is 1. The van der Waals surface area contributed by atoms with Crippen molar-refractivity contribution < 1.29 is 9.53 Å². The monoisotopic (exact) mass is 379 g/mol. The van der Waals surface area contributed by atoms with E-state index >= 15 is 0 Å². The van der Waals surface area contributed by atoms with Gasteiger partial charge in [-0.25, -0.2) is 9.97 Å². The predicted molar refractivity (Wildman–Crippen MR) is 106 cm³/mol. The fraction of sp³-hybridized carbons (Fsp3) is 0.429. The number of hydrogen-bond donors (Lipinski definition) is 1. The number of nitrogens with zero attached hydrogens (tertiary/aromatic N) is 4. The van der Waals surface area contributed by atoms with Crippen LogP contribution >= 0.6 is 0 Å². The van der Waals surface area contributed by atoms with Crippen LogP contribution < -0.4 is 15.0 Å². The molecule has 1 aromatic carbocycles. The van der Waals surface area contributed by atoms with E-state index in [1.54, 1.807) is 6.20 Å². The molecule has 1 fully saturated rings. The number of aromatic nitrogens is 2. The van der Waals surface area contributed by atoms with Crippen molar-refractivity contribution in [3.8, 4) is 11.8 Å². The molecule has 0 atom stereocenters. The van der Waals surface area contributed by atoms with Crippen LogP contribution in [0.4, 0.5) is 5.82 Å². The Morgan fingerprint density at radius 3 is 2.64 bits per heavy atom. The van der Waals surface area contributed by atoms with Crippen molar-refractivity contribution in [3.63, 3.8) is 0 Å². The van der Waals surface area contributed by atoms with Gasteiger partial charge >= 0.3 is 0 Å². The van der Waals surface area contributed by atoms with Crippen LogP contribution in [-0.4, -0.2) is 42.1 Å². The third-order valence-corrected chi connectivity index (χ3v) is 4.89. The first kappa shape index (κ1) is 19.6. The Kier molecular flexibility index (Phi) is 6.79. The lowest BCUT2D eigenvalue weighted by Gasteiger charge is -2.32. The van der Waals surface area contributed by atoms with E-state index in [4.69, 9.17) is 4.74 Å². The largest absolute Gasteiger partial charge is 0.494 e. The lowest BCUT2D eigenvalue weighted by Crippen LogP contribution is -2.39. The molecule has 146 valence electrons. The van der Waals surface area contributed by atoms with Gasteiger partial charge in [-0.15, -0.1) is 0 Å². The van der Waals surface area contributed by atoms with Gasteiger partial charge in [-0.3, -0.25) is 4.79 Å². The van der Waals surface area contributed by atoms with E-state index in [0.29, 0.717) is 37.0 Å². The molecule has 0 radical (unpaired) electrons. The summed E-state index contributed by atoms with van der Waals surface area (Å²) in [6, 6.07) is 9.74. The summed E-state index contributed by atoms with van der Waals surface area (Å²) in [7, 11) is 0. The number of anilines is 1. The molecular formula is C21H25N5O2. The van der Waals surface area contributed by atoms with Gasteiger partial charge in [0.15, 0.2) is 11.5 Å². The fourth-order valence-electron chi connectivity index (χ4n) is 3.37. The minimum Gasteiger partial charge on any atom is -0.494 e. The molecule has 0 bridgehead atoms. The second kappa shape index (κ2) is 9.70. The van der Waals surface area contributed by atoms with Crippen LogP contribution in [0.5, 0.6) is 5.75 Å². The highest BCUT2D eigenvalue weighted by Gasteiger charge is 2.22. The molecule has 1 aromatic heterocycles. The number of amides is 1. The molecule has 0 aliphatic carbocycles. The zero-order chi connectivity index (χ0) is 19.8. The van der Waals surface area contributed by atoms with Gasteiger partial charge < -0.3 is 15.0 Å². The molecule has 1 N–H and O–H groups in total. The molecule has 1 saturated heterocycles. The Labute approximate surface area is 165 Å². The first-order valence-corrected chi connectivity index (χ1v) is 9.64. The molecule has 0 spiro atoms. The lowest BCUT2D eigenvalue weighted by molar-refractivity contribution is -0.120. The van der Waals surface area contributed by atoms with Crippen molar-refractivity contribution >= 4 is 11.7 Å². The molecule has 3 rings (SSSR count). The molecule has 2 heterocycles. The number of piperidine rings is 1. The zero-order valence-electron chi connectivity index (χ0n) is 16.1. The van der Waals surface area contributed by atoms with E-state index in [0.717, 1.165) is 37.2 Å². The summed E-state index contributed by atoms with van der Waals surface area (Å²) in [6.07, 6.45) is 5.42. The van der Waals surface area contributed by atoms with Crippen LogP contribution in [0.15, 0.2) is 36.7 Å². The van der Waals surface area contributed by atoms with Crippen LogP contribution in [0.3, 0.4) is 0 Å². The topological polar surface area (TPSA) is 91.1 Å². The maximum absolute atomic E-state index is 12.2. The maximum Gasteiger partial charge on any atom is 0.224 e. The quantitative estimate of drug-likeness (QED) is 0.794. The number of ether oxygens (including phenoxy) is 1. The molecule has 0 saturated carbocycles. The summed E-state index contributed by atoms with van der Waals surface area (Å²) in [5.74, 6) is 1.94. The standard InChI is InChI=1S/C21H25N5O2/c1-2-28-18-5-3-16(4-6-18)13-20(27)25-15-17-7-11-26(12-8-17)21-19(14-22)23-9-10-24-21/h3-6,9-10,17H,2,7-8,11-13,15H2,1H3,(H,25,27). The molecule has 7 heteroatoms. The third-order valence-electron chi connectivity index (χ3n) is 4.89. The second-order valence-electron chi connectivity index (χ2n) is 6.83. The molecule has 7 nitrogen and oxygen atoms in total. The third kappa shape index (κ3) is 5.19. The fourth-order valence-corrected chi connectivity index (χ4v) is 3.37. The van der Waals surface area contributed by atoms with E-state index in [1.165, 1.54) is 6.20 Å². The summed E-state index contributed by atoms with van der Waals surface area (Å²) in [6.45, 7) is 4.88. The highest BCUT2D eigenvalue weighted by Crippen LogP contribution is 2.23. The van der Waals surface area contributed by atoms with E-state index in [-0.39, 0.29) is 5.91 Å². The molecule has 28 heavy (non-hydrogen) atoms. The minimum absolute atomic E-state index is 0.0345. The average Bonchev–Trinajstić information content (AvgIpc) is 2.74. The van der Waals surface area contributed by atoms with E-state index < -0.39 is 0 Å². The van der Waals surface area contributed by atoms with E-state index in [9.17, 15) is 10.1 Å². The summed E-state index contributed by atoms with van der Waals surface area (Å²) >= 11 is 0. The highest BCUT2D eigenvalue weighted by molar-refractivity contribution is 5.78. The van der Waals surface area contributed by atoms with Crippen molar-refractivity contribution in [1.29, 1.82) is 5.26 Å². The van der Waals surface area contributed by atoms with Crippen LogP contribution in [0.1, 0.15) is 31.0 Å². The minimum atomic E-state index is 0.0345. The maximum atomic E-state index is 12.2. The number of nitrogens with one attached hydrogen (secondary N) is 1. The van der Waals surface area contributed by atoms with Crippen molar-refractivity contribution in [1.82, 2.24) is 15.3 Å². The summed E-state index contributed by atoms with van der Waals surface area (Å²) in [4.78, 5) is 22.7. The van der Waals surface area contributed by atoms with Crippen molar-refractivity contribution in [2.75, 3.05) is 31.1 Å². The lowest BCUT2D eigenvalue weighted by atomic mass is 9.96. The first-order chi connectivity index (χ1) is 13.7. The van der Waals surface area contributed by atoms with Gasteiger partial charge in [0.2, 0.25) is 5.91 Å². The van der Waals surface area contributed by atoms with Gasteiger partial charge in [0.25, 0.3) is 0 Å². The first-order valence-electron chi connectivity index (χ1n) is 9.64. The summed E-state index contributed by atoms with van der Waals surface area (Å²) in [5.41, 5.74) is 1.34.